The third-order valence-corrected chi connectivity index (χ3v) is 8.13. The zero-order valence-electron chi connectivity index (χ0n) is 23.1. The molecule has 1 heterocycles. The van der Waals surface area contributed by atoms with Crippen LogP contribution in [-0.4, -0.2) is 47.3 Å². The van der Waals surface area contributed by atoms with Crippen molar-refractivity contribution in [1.29, 1.82) is 5.26 Å². The standard InChI is InChI=1S/C33H35N5O3/c1-21(35)31(39)37-29(17-22-8-7-9-23(16-22)19-34)33(41)38-20-26(24-10-3-2-4-11-24)18-30(38)32(40)36-28-15-14-25-12-5-6-13-27(25)28/h2-13,16,21,26,28-30H,14-15,17-18,20,35H2,1H3,(H,36,40)(H,37,39)/t21?,26-,28+,29?,30-/m0/s1. The molecule has 8 heteroatoms. The van der Waals surface area contributed by atoms with Gasteiger partial charge in [-0.2, -0.15) is 5.26 Å². The Morgan fingerprint density at radius 2 is 1.80 bits per heavy atom. The average Bonchev–Trinajstić information content (AvgIpc) is 3.62. The monoisotopic (exact) mass is 549 g/mol. The molecule has 5 rings (SSSR count). The van der Waals surface area contributed by atoms with Gasteiger partial charge >= 0.3 is 0 Å². The summed E-state index contributed by atoms with van der Waals surface area (Å²) in [6, 6.07) is 24.5. The van der Waals surface area contributed by atoms with Crippen molar-refractivity contribution >= 4 is 17.7 Å². The molecule has 1 aliphatic heterocycles. The van der Waals surface area contributed by atoms with Gasteiger partial charge in [-0.1, -0.05) is 66.7 Å². The SMILES string of the molecule is CC(N)C(=O)NC(Cc1cccc(C#N)c1)C(=O)N1C[C@@H](c2ccccc2)C[C@H]1C(=O)N[C@@H]1CCc2ccccc21. The smallest absolute Gasteiger partial charge is 0.246 e. The number of fused-ring (bicyclic) bond motifs is 1. The summed E-state index contributed by atoms with van der Waals surface area (Å²) in [5.41, 5.74) is 10.4. The highest BCUT2D eigenvalue weighted by molar-refractivity contribution is 5.94. The van der Waals surface area contributed by atoms with Crippen LogP contribution in [0.3, 0.4) is 0 Å². The number of likely N-dealkylation sites (tertiary alicyclic amines) is 1. The van der Waals surface area contributed by atoms with Crippen LogP contribution >= 0.6 is 0 Å². The summed E-state index contributed by atoms with van der Waals surface area (Å²) in [5, 5.41) is 15.4. The van der Waals surface area contributed by atoms with E-state index in [2.05, 4.69) is 22.8 Å². The zero-order valence-corrected chi connectivity index (χ0v) is 23.1. The summed E-state index contributed by atoms with van der Waals surface area (Å²) in [6.07, 6.45) is 2.36. The number of carbonyl (C=O) groups excluding carboxylic acids is 3. The maximum absolute atomic E-state index is 14.2. The Bertz CT molecular complexity index is 1460. The summed E-state index contributed by atoms with van der Waals surface area (Å²) >= 11 is 0. The van der Waals surface area contributed by atoms with Crippen LogP contribution in [0.25, 0.3) is 0 Å². The quantitative estimate of drug-likeness (QED) is 0.398. The van der Waals surface area contributed by atoms with Gasteiger partial charge in [0.25, 0.3) is 0 Å². The third-order valence-electron chi connectivity index (χ3n) is 8.13. The Balaban J connectivity index is 1.43. The first-order valence-electron chi connectivity index (χ1n) is 14.1. The topological polar surface area (TPSA) is 128 Å². The highest BCUT2D eigenvalue weighted by Gasteiger charge is 2.43. The predicted octanol–water partition coefficient (Wildman–Crippen LogP) is 3.12. The first-order chi connectivity index (χ1) is 19.8. The van der Waals surface area contributed by atoms with Gasteiger partial charge in [0.2, 0.25) is 17.7 Å². The van der Waals surface area contributed by atoms with E-state index in [1.165, 1.54) is 5.56 Å². The van der Waals surface area contributed by atoms with Crippen molar-refractivity contribution in [3.63, 3.8) is 0 Å². The van der Waals surface area contributed by atoms with E-state index in [1.54, 1.807) is 30.0 Å². The molecule has 3 amide bonds. The van der Waals surface area contributed by atoms with E-state index in [1.807, 2.05) is 54.6 Å². The van der Waals surface area contributed by atoms with Gasteiger partial charge in [-0.05, 0) is 60.6 Å². The minimum Gasteiger partial charge on any atom is -0.347 e. The van der Waals surface area contributed by atoms with Gasteiger partial charge < -0.3 is 21.3 Å². The maximum Gasteiger partial charge on any atom is 0.246 e. The Kier molecular flexibility index (Phi) is 8.46. The molecule has 0 spiro atoms. The fourth-order valence-corrected chi connectivity index (χ4v) is 5.98. The van der Waals surface area contributed by atoms with Gasteiger partial charge in [-0.25, -0.2) is 0 Å². The molecule has 2 unspecified atom stereocenters. The van der Waals surface area contributed by atoms with Gasteiger partial charge in [-0.15, -0.1) is 0 Å². The number of benzene rings is 3. The molecule has 1 aliphatic carbocycles. The van der Waals surface area contributed by atoms with Gasteiger partial charge in [0, 0.05) is 18.9 Å². The van der Waals surface area contributed by atoms with Crippen LogP contribution in [0, 0.1) is 11.3 Å². The number of hydrogen-bond acceptors (Lipinski definition) is 5. The largest absolute Gasteiger partial charge is 0.347 e. The molecule has 0 saturated carbocycles. The molecule has 41 heavy (non-hydrogen) atoms. The number of nitrogens with two attached hydrogens (primary N) is 1. The molecule has 4 N–H and O–H groups in total. The normalized spacial score (nSPS) is 20.9. The third kappa shape index (κ3) is 6.31. The Labute approximate surface area is 240 Å². The lowest BCUT2D eigenvalue weighted by molar-refractivity contribution is -0.141. The minimum absolute atomic E-state index is 0.0292. The van der Waals surface area contributed by atoms with E-state index in [0.29, 0.717) is 18.5 Å². The number of aryl methyl sites for hydroxylation is 1. The Morgan fingerprint density at radius 1 is 1.05 bits per heavy atom. The lowest BCUT2D eigenvalue weighted by Gasteiger charge is -2.30. The number of nitriles is 1. The van der Waals surface area contributed by atoms with Crippen molar-refractivity contribution in [3.8, 4) is 6.07 Å². The van der Waals surface area contributed by atoms with Crippen molar-refractivity contribution in [2.75, 3.05) is 6.54 Å². The number of nitrogens with zero attached hydrogens (tertiary/aromatic N) is 2. The minimum atomic E-state index is -0.945. The molecule has 1 saturated heterocycles. The zero-order chi connectivity index (χ0) is 28.9. The van der Waals surface area contributed by atoms with Crippen LogP contribution in [0.4, 0.5) is 0 Å². The number of rotatable bonds is 8. The van der Waals surface area contributed by atoms with Crippen LogP contribution in [-0.2, 0) is 27.2 Å². The lowest BCUT2D eigenvalue weighted by atomic mass is 9.96. The lowest BCUT2D eigenvalue weighted by Crippen LogP contribution is -2.56. The second-order valence-corrected chi connectivity index (χ2v) is 11.0. The Hall–Kier alpha value is -4.48. The van der Waals surface area contributed by atoms with Crippen molar-refractivity contribution in [2.24, 2.45) is 5.73 Å². The second-order valence-electron chi connectivity index (χ2n) is 11.0. The molecule has 0 bridgehead atoms. The number of hydrogen-bond donors (Lipinski definition) is 3. The number of nitrogens with one attached hydrogen (secondary N) is 2. The van der Waals surface area contributed by atoms with Crippen LogP contribution < -0.4 is 16.4 Å². The fourth-order valence-electron chi connectivity index (χ4n) is 5.98. The molecular weight excluding hydrogens is 514 g/mol. The number of carbonyl (C=O) groups is 3. The summed E-state index contributed by atoms with van der Waals surface area (Å²) in [4.78, 5) is 42.4. The second kappa shape index (κ2) is 12.4. The van der Waals surface area contributed by atoms with E-state index in [9.17, 15) is 19.6 Å². The van der Waals surface area contributed by atoms with Crippen molar-refractivity contribution in [3.05, 3.63) is 107 Å². The summed E-state index contributed by atoms with van der Waals surface area (Å²) < 4.78 is 0. The molecule has 3 aromatic rings. The molecular formula is C33H35N5O3. The average molecular weight is 550 g/mol. The fraction of sp³-hybridized carbons (Fsp3) is 0.333. The van der Waals surface area contributed by atoms with Gasteiger partial charge in [0.15, 0.2) is 0 Å². The van der Waals surface area contributed by atoms with Crippen molar-refractivity contribution < 1.29 is 14.4 Å². The van der Waals surface area contributed by atoms with Gasteiger partial charge in [-0.3, -0.25) is 14.4 Å². The molecule has 2 aliphatic rings. The summed E-state index contributed by atoms with van der Waals surface area (Å²) in [6.45, 7) is 1.91. The molecule has 0 radical (unpaired) electrons. The predicted molar refractivity (Wildman–Crippen MR) is 155 cm³/mol. The van der Waals surface area contributed by atoms with Gasteiger partial charge in [0.05, 0.1) is 23.7 Å². The van der Waals surface area contributed by atoms with E-state index in [0.717, 1.165) is 29.5 Å². The summed E-state index contributed by atoms with van der Waals surface area (Å²) in [5.74, 6) is -1.02. The van der Waals surface area contributed by atoms with E-state index < -0.39 is 24.0 Å². The van der Waals surface area contributed by atoms with Crippen LogP contribution in [0.2, 0.25) is 0 Å². The summed E-state index contributed by atoms with van der Waals surface area (Å²) in [7, 11) is 0. The molecule has 1 fully saturated rings. The van der Waals surface area contributed by atoms with Crippen LogP contribution in [0.5, 0.6) is 0 Å². The maximum atomic E-state index is 14.2. The van der Waals surface area contributed by atoms with E-state index in [4.69, 9.17) is 5.73 Å². The van der Waals surface area contributed by atoms with E-state index in [-0.39, 0.29) is 30.2 Å². The highest BCUT2D eigenvalue weighted by Crippen LogP contribution is 2.35. The van der Waals surface area contributed by atoms with Crippen molar-refractivity contribution in [1.82, 2.24) is 15.5 Å². The van der Waals surface area contributed by atoms with Crippen molar-refractivity contribution in [2.45, 2.75) is 62.7 Å². The molecule has 210 valence electrons. The van der Waals surface area contributed by atoms with Crippen LogP contribution in [0.15, 0.2) is 78.9 Å². The first-order valence-corrected chi connectivity index (χ1v) is 14.1. The molecule has 3 aromatic carbocycles. The molecule has 0 aromatic heterocycles. The molecule has 5 atom stereocenters. The number of amides is 3. The molecule has 8 nitrogen and oxygen atoms in total. The first kappa shape index (κ1) is 28.1. The van der Waals surface area contributed by atoms with E-state index >= 15 is 0 Å². The van der Waals surface area contributed by atoms with Gasteiger partial charge in [0.1, 0.15) is 12.1 Å². The highest BCUT2D eigenvalue weighted by atomic mass is 16.2. The van der Waals surface area contributed by atoms with Crippen LogP contribution in [0.1, 0.15) is 59.5 Å². The Morgan fingerprint density at radius 3 is 2.56 bits per heavy atom.